The van der Waals surface area contributed by atoms with Crippen molar-refractivity contribution in [3.05, 3.63) is 138 Å². The highest BCUT2D eigenvalue weighted by molar-refractivity contribution is 7.95. The van der Waals surface area contributed by atoms with Gasteiger partial charge in [-0.2, -0.15) is 0 Å². The van der Waals surface area contributed by atoms with Crippen molar-refractivity contribution < 1.29 is 26.6 Å². The van der Waals surface area contributed by atoms with E-state index in [1.54, 1.807) is 12.1 Å². The predicted molar refractivity (Wildman–Crippen MR) is 155 cm³/mol. The van der Waals surface area contributed by atoms with Gasteiger partial charge in [-0.1, -0.05) is 72.8 Å². The number of hydrogen-bond donors (Lipinski definition) is 0. The number of allylic oxidation sites excluding steroid dienone is 1. The van der Waals surface area contributed by atoms with Crippen molar-refractivity contribution in [2.24, 2.45) is 0 Å². The molecular formula is C33H31BrNO2P. The highest BCUT2D eigenvalue weighted by Gasteiger charge is 2.45. The first-order valence-corrected chi connectivity index (χ1v) is 14.7. The Morgan fingerprint density at radius 3 is 1.45 bits per heavy atom. The van der Waals surface area contributed by atoms with Gasteiger partial charge in [-0.05, 0) is 74.4 Å². The van der Waals surface area contributed by atoms with Gasteiger partial charge >= 0.3 is 0 Å². The van der Waals surface area contributed by atoms with Crippen molar-refractivity contribution in [1.29, 1.82) is 0 Å². The van der Waals surface area contributed by atoms with Crippen LogP contribution in [-0.4, -0.2) is 28.9 Å². The summed E-state index contributed by atoms with van der Waals surface area (Å²) in [6.45, 7) is 4.14. The molecule has 0 N–H and O–H groups in total. The smallest absolute Gasteiger partial charge is 0.261 e. The lowest BCUT2D eigenvalue weighted by Crippen LogP contribution is -3.00. The standard InChI is InChI=1S/C33H31NO2P.BrH/c1-25(22-23-26(2)34-32(35)30-20-12-13-21-31(30)33(34)36)24-37(27-14-6-3-7-15-27,28-16-8-4-9-17-28)29-18-10-5-11-19-29;/h3-22,26H,23-24H2,1-2H3;1H/q+1;/p-1/b25-22+;/t26-;/m0./s1. The molecule has 5 heteroatoms. The first kappa shape index (κ1) is 27.7. The Morgan fingerprint density at radius 2 is 1.05 bits per heavy atom. The number of carbonyl (C=O) groups is 2. The third-order valence-corrected chi connectivity index (χ3v) is 11.7. The fraction of sp³-hybridized carbons (Fsp3) is 0.152. The van der Waals surface area contributed by atoms with Crippen LogP contribution in [0.3, 0.4) is 0 Å². The average molecular weight is 584 g/mol. The lowest BCUT2D eigenvalue weighted by Gasteiger charge is -2.28. The van der Waals surface area contributed by atoms with Crippen molar-refractivity contribution in [2.75, 3.05) is 6.16 Å². The van der Waals surface area contributed by atoms with Crippen LogP contribution in [0.25, 0.3) is 0 Å². The van der Waals surface area contributed by atoms with Gasteiger partial charge in [-0.3, -0.25) is 14.5 Å². The molecule has 1 atom stereocenters. The molecule has 0 unspecified atom stereocenters. The van der Waals surface area contributed by atoms with E-state index < -0.39 is 7.26 Å². The van der Waals surface area contributed by atoms with Gasteiger partial charge in [0.25, 0.3) is 11.8 Å². The second kappa shape index (κ2) is 12.0. The molecule has 192 valence electrons. The summed E-state index contributed by atoms with van der Waals surface area (Å²) in [5.41, 5.74) is 2.26. The minimum absolute atomic E-state index is 0. The van der Waals surface area contributed by atoms with Crippen LogP contribution in [0.1, 0.15) is 41.0 Å². The van der Waals surface area contributed by atoms with Gasteiger partial charge in [0.15, 0.2) is 0 Å². The quantitative estimate of drug-likeness (QED) is 0.182. The minimum atomic E-state index is -1.98. The fourth-order valence-corrected chi connectivity index (χ4v) is 9.66. The number of hydrogen-bond acceptors (Lipinski definition) is 2. The number of benzene rings is 4. The summed E-state index contributed by atoms with van der Waals surface area (Å²) in [6.07, 6.45) is 3.73. The number of nitrogens with zero attached hydrogens (tertiary/aromatic N) is 1. The second-order valence-electron chi connectivity index (χ2n) is 9.64. The van der Waals surface area contributed by atoms with Crippen LogP contribution in [-0.2, 0) is 0 Å². The van der Waals surface area contributed by atoms with E-state index in [2.05, 4.69) is 104 Å². The molecule has 38 heavy (non-hydrogen) atoms. The van der Waals surface area contributed by atoms with E-state index >= 15 is 0 Å². The van der Waals surface area contributed by atoms with E-state index in [9.17, 15) is 9.59 Å². The van der Waals surface area contributed by atoms with Gasteiger partial charge in [0.05, 0.1) is 17.3 Å². The van der Waals surface area contributed by atoms with E-state index in [0.29, 0.717) is 17.5 Å². The molecule has 5 rings (SSSR count). The topological polar surface area (TPSA) is 37.4 Å². The van der Waals surface area contributed by atoms with Crippen molar-refractivity contribution in [2.45, 2.75) is 26.3 Å². The van der Waals surface area contributed by atoms with Gasteiger partial charge < -0.3 is 17.0 Å². The molecule has 1 aliphatic heterocycles. The highest BCUT2D eigenvalue weighted by atomic mass is 79.9. The molecule has 0 spiro atoms. The summed E-state index contributed by atoms with van der Waals surface area (Å²) in [5.74, 6) is -0.391. The predicted octanol–water partition coefficient (Wildman–Crippen LogP) is 3.01. The number of amides is 2. The lowest BCUT2D eigenvalue weighted by molar-refractivity contribution is -0.0000340. The van der Waals surface area contributed by atoms with Crippen LogP contribution in [0.15, 0.2) is 127 Å². The van der Waals surface area contributed by atoms with Crippen LogP contribution in [0.2, 0.25) is 0 Å². The average Bonchev–Trinajstić information content (AvgIpc) is 3.21. The molecule has 0 fully saturated rings. The molecule has 4 aromatic rings. The number of fused-ring (bicyclic) bond motifs is 1. The summed E-state index contributed by atoms with van der Waals surface area (Å²) in [5, 5.41) is 4.02. The number of rotatable bonds is 8. The number of imide groups is 1. The Kier molecular flexibility index (Phi) is 8.76. The van der Waals surface area contributed by atoms with E-state index in [1.165, 1.54) is 26.4 Å². The first-order chi connectivity index (χ1) is 18.0. The van der Waals surface area contributed by atoms with Gasteiger partial charge in [0, 0.05) is 6.04 Å². The SMILES string of the molecule is C/C(=C\C[C@H](C)N1C(=O)c2ccccc2C1=O)C[P+](c1ccccc1)(c1ccccc1)c1ccccc1.[Br-]. The first-order valence-electron chi connectivity index (χ1n) is 12.7. The van der Waals surface area contributed by atoms with Crippen molar-refractivity contribution >= 4 is 35.0 Å². The molecule has 1 aliphatic rings. The third kappa shape index (κ3) is 5.16. The summed E-state index contributed by atoms with van der Waals surface area (Å²) in [7, 11) is -1.98. The largest absolute Gasteiger partial charge is 1.00 e. The molecule has 4 aromatic carbocycles. The maximum Gasteiger partial charge on any atom is 0.261 e. The normalized spacial score (nSPS) is 14.2. The van der Waals surface area contributed by atoms with Crippen LogP contribution in [0.5, 0.6) is 0 Å². The van der Waals surface area contributed by atoms with E-state index in [0.717, 1.165) is 6.16 Å². The second-order valence-corrected chi connectivity index (χ2v) is 13.1. The van der Waals surface area contributed by atoms with Crippen LogP contribution < -0.4 is 32.9 Å². The molecule has 0 radical (unpaired) electrons. The van der Waals surface area contributed by atoms with Gasteiger partial charge in [-0.25, -0.2) is 0 Å². The Morgan fingerprint density at radius 1 is 0.684 bits per heavy atom. The Hall–Kier alpha value is -3.33. The third-order valence-electron chi connectivity index (χ3n) is 7.15. The Balaban J connectivity index is 0.00000336. The van der Waals surface area contributed by atoms with Crippen molar-refractivity contribution in [3.8, 4) is 0 Å². The fourth-order valence-electron chi connectivity index (χ4n) is 5.29. The monoisotopic (exact) mass is 583 g/mol. The minimum Gasteiger partial charge on any atom is -1.00 e. The summed E-state index contributed by atoms with van der Waals surface area (Å²) < 4.78 is 0. The molecule has 3 nitrogen and oxygen atoms in total. The molecule has 2 amide bonds. The number of halogens is 1. The van der Waals surface area contributed by atoms with Crippen LogP contribution >= 0.6 is 7.26 Å². The van der Waals surface area contributed by atoms with E-state index in [-0.39, 0.29) is 34.8 Å². The van der Waals surface area contributed by atoms with Crippen LogP contribution in [0.4, 0.5) is 0 Å². The van der Waals surface area contributed by atoms with Crippen molar-refractivity contribution in [3.63, 3.8) is 0 Å². The molecule has 1 heterocycles. The highest BCUT2D eigenvalue weighted by Crippen LogP contribution is 2.56. The van der Waals surface area contributed by atoms with Crippen molar-refractivity contribution in [1.82, 2.24) is 4.90 Å². The maximum absolute atomic E-state index is 13.0. The van der Waals surface area contributed by atoms with Crippen LogP contribution in [0, 0.1) is 0 Å². The van der Waals surface area contributed by atoms with Gasteiger partial charge in [0.2, 0.25) is 0 Å². The Bertz CT molecular complexity index is 1310. The maximum atomic E-state index is 13.0. The zero-order valence-corrected chi connectivity index (χ0v) is 24.1. The molecule has 0 aliphatic carbocycles. The lowest BCUT2D eigenvalue weighted by atomic mass is 10.1. The van der Waals surface area contributed by atoms with Gasteiger partial charge in [0.1, 0.15) is 23.2 Å². The summed E-state index contributed by atoms with van der Waals surface area (Å²) in [4.78, 5) is 27.4. The zero-order valence-electron chi connectivity index (χ0n) is 21.6. The zero-order chi connectivity index (χ0) is 25.8. The molecule has 0 bridgehead atoms. The van der Waals surface area contributed by atoms with E-state index in [1.807, 2.05) is 19.1 Å². The molecule has 0 saturated heterocycles. The summed E-state index contributed by atoms with van der Waals surface area (Å²) in [6, 6.07) is 39.3. The molecular weight excluding hydrogens is 553 g/mol. The van der Waals surface area contributed by atoms with E-state index in [4.69, 9.17) is 0 Å². The summed E-state index contributed by atoms with van der Waals surface area (Å²) >= 11 is 0. The number of carbonyl (C=O) groups excluding carboxylic acids is 2. The molecule has 0 aromatic heterocycles. The van der Waals surface area contributed by atoms with Gasteiger partial charge in [-0.15, -0.1) is 0 Å². The molecule has 0 saturated carbocycles. The Labute approximate surface area is 236 Å².